The van der Waals surface area contributed by atoms with Crippen LogP contribution in [0.25, 0.3) is 0 Å². The summed E-state index contributed by atoms with van der Waals surface area (Å²) in [5.74, 6) is 0.825. The topological polar surface area (TPSA) is 38.7 Å². The highest BCUT2D eigenvalue weighted by atomic mass is 16.5. The third-order valence-electron chi connectivity index (χ3n) is 2.49. The molecule has 3 nitrogen and oxygen atoms in total. The van der Waals surface area contributed by atoms with Crippen LogP contribution in [0.3, 0.4) is 0 Å². The van der Waals surface area contributed by atoms with Crippen molar-refractivity contribution >= 4 is 0 Å². The average Bonchev–Trinajstić information content (AvgIpc) is 2.29. The van der Waals surface area contributed by atoms with Crippen LogP contribution in [0.2, 0.25) is 0 Å². The summed E-state index contributed by atoms with van der Waals surface area (Å²) < 4.78 is 10.5. The van der Waals surface area contributed by atoms with Gasteiger partial charge in [0.05, 0.1) is 19.5 Å². The molecule has 0 amide bonds. The maximum atomic E-state index is 9.45. The fourth-order valence-corrected chi connectivity index (χ4v) is 1.62. The number of aliphatic hydroxyl groups is 1. The van der Waals surface area contributed by atoms with Gasteiger partial charge in [0.2, 0.25) is 0 Å². The Balaban J connectivity index is 2.12. The van der Waals surface area contributed by atoms with Gasteiger partial charge in [-0.15, -0.1) is 0 Å². The minimum absolute atomic E-state index is 0.0593. The molecule has 1 aliphatic heterocycles. The summed E-state index contributed by atoms with van der Waals surface area (Å²) in [4.78, 5) is 0. The molecule has 80 valence electrons. The van der Waals surface area contributed by atoms with E-state index in [2.05, 4.69) is 0 Å². The van der Waals surface area contributed by atoms with E-state index in [4.69, 9.17) is 9.47 Å². The fraction of sp³-hybridized carbons (Fsp3) is 0.333. The number of methoxy groups -OCH3 is 1. The van der Waals surface area contributed by atoms with E-state index in [9.17, 15) is 5.11 Å². The summed E-state index contributed by atoms with van der Waals surface area (Å²) in [6.07, 6.45) is 3.34. The lowest BCUT2D eigenvalue weighted by Crippen LogP contribution is -2.15. The maximum Gasteiger partial charge on any atom is 0.126 e. The normalized spacial score (nSPS) is 24.7. The molecule has 0 aliphatic carbocycles. The molecule has 0 radical (unpaired) electrons. The minimum Gasteiger partial charge on any atom is -0.497 e. The molecule has 0 aromatic heterocycles. The second-order valence-electron chi connectivity index (χ2n) is 3.53. The number of ether oxygens (including phenoxy) is 2. The third kappa shape index (κ3) is 2.30. The van der Waals surface area contributed by atoms with Crippen molar-refractivity contribution in [1.29, 1.82) is 0 Å². The maximum absolute atomic E-state index is 9.45. The Morgan fingerprint density at radius 2 is 2.07 bits per heavy atom. The molecule has 0 fully saturated rings. The molecule has 1 aromatic rings. The van der Waals surface area contributed by atoms with E-state index in [1.807, 2.05) is 24.3 Å². The van der Waals surface area contributed by atoms with Crippen LogP contribution < -0.4 is 4.74 Å². The van der Waals surface area contributed by atoms with Gasteiger partial charge in [0.25, 0.3) is 0 Å². The van der Waals surface area contributed by atoms with Gasteiger partial charge >= 0.3 is 0 Å². The van der Waals surface area contributed by atoms with Gasteiger partial charge in [0.1, 0.15) is 11.9 Å². The van der Waals surface area contributed by atoms with Gasteiger partial charge in [-0.3, -0.25) is 0 Å². The van der Waals surface area contributed by atoms with Crippen molar-refractivity contribution in [1.82, 2.24) is 0 Å². The first-order valence-electron chi connectivity index (χ1n) is 4.94. The van der Waals surface area contributed by atoms with E-state index in [0.29, 0.717) is 6.42 Å². The van der Waals surface area contributed by atoms with Crippen LogP contribution in [0.4, 0.5) is 0 Å². The lowest BCUT2D eigenvalue weighted by Gasteiger charge is -2.22. The zero-order chi connectivity index (χ0) is 10.7. The molecule has 15 heavy (non-hydrogen) atoms. The molecule has 0 unspecified atom stereocenters. The first-order chi connectivity index (χ1) is 7.29. The van der Waals surface area contributed by atoms with Crippen LogP contribution in [0.5, 0.6) is 5.75 Å². The molecular formula is C12H14O3. The number of aliphatic hydroxyl groups excluding tert-OH is 1. The average molecular weight is 206 g/mol. The summed E-state index contributed by atoms with van der Waals surface area (Å²) in [5.41, 5.74) is 1.05. The zero-order valence-electron chi connectivity index (χ0n) is 8.59. The van der Waals surface area contributed by atoms with E-state index < -0.39 is 6.10 Å². The van der Waals surface area contributed by atoms with Crippen molar-refractivity contribution in [2.45, 2.75) is 18.6 Å². The molecule has 1 heterocycles. The lowest BCUT2D eigenvalue weighted by atomic mass is 10.0. The van der Waals surface area contributed by atoms with Gasteiger partial charge in [-0.1, -0.05) is 12.1 Å². The van der Waals surface area contributed by atoms with Gasteiger partial charge in [0, 0.05) is 6.42 Å². The summed E-state index contributed by atoms with van der Waals surface area (Å²) in [6.45, 7) is 0. The van der Waals surface area contributed by atoms with E-state index in [1.54, 1.807) is 19.4 Å². The van der Waals surface area contributed by atoms with Crippen molar-refractivity contribution in [3.05, 3.63) is 42.2 Å². The van der Waals surface area contributed by atoms with Gasteiger partial charge in [-0.2, -0.15) is 0 Å². The van der Waals surface area contributed by atoms with Crippen molar-refractivity contribution in [2.75, 3.05) is 7.11 Å². The monoisotopic (exact) mass is 206 g/mol. The van der Waals surface area contributed by atoms with Crippen LogP contribution >= 0.6 is 0 Å². The summed E-state index contributed by atoms with van der Waals surface area (Å²) in [7, 11) is 1.64. The second-order valence-corrected chi connectivity index (χ2v) is 3.53. The first kappa shape index (κ1) is 10.1. The molecule has 0 bridgehead atoms. The van der Waals surface area contributed by atoms with Crippen LogP contribution in [0.1, 0.15) is 18.1 Å². The van der Waals surface area contributed by atoms with Crippen molar-refractivity contribution in [3.63, 3.8) is 0 Å². The van der Waals surface area contributed by atoms with Crippen LogP contribution in [0.15, 0.2) is 36.6 Å². The van der Waals surface area contributed by atoms with Crippen molar-refractivity contribution < 1.29 is 14.6 Å². The Kier molecular flexibility index (Phi) is 2.92. The molecule has 0 spiro atoms. The standard InChI is InChI=1S/C12H14O3/c1-14-11-4-2-9(3-5-11)12-8-10(13)6-7-15-12/h2-7,10,12-13H,8H2,1H3/t10-,12-/m1/s1. The Bertz CT molecular complexity index is 342. The highest BCUT2D eigenvalue weighted by Gasteiger charge is 2.18. The summed E-state index contributed by atoms with van der Waals surface area (Å²) >= 11 is 0. The highest BCUT2D eigenvalue weighted by molar-refractivity contribution is 5.29. The van der Waals surface area contributed by atoms with Crippen LogP contribution in [-0.2, 0) is 4.74 Å². The molecular weight excluding hydrogens is 192 g/mol. The van der Waals surface area contributed by atoms with Crippen molar-refractivity contribution in [2.24, 2.45) is 0 Å². The third-order valence-corrected chi connectivity index (χ3v) is 2.49. The Hall–Kier alpha value is -1.48. The summed E-state index contributed by atoms with van der Waals surface area (Å²) in [5, 5.41) is 9.45. The first-order valence-corrected chi connectivity index (χ1v) is 4.94. The van der Waals surface area contributed by atoms with Gasteiger partial charge in [-0.25, -0.2) is 0 Å². The zero-order valence-corrected chi connectivity index (χ0v) is 8.59. The predicted octanol–water partition coefficient (Wildman–Crippen LogP) is 2.03. The number of rotatable bonds is 2. The van der Waals surface area contributed by atoms with Gasteiger partial charge in [0.15, 0.2) is 0 Å². The Morgan fingerprint density at radius 1 is 1.33 bits per heavy atom. The largest absolute Gasteiger partial charge is 0.497 e. The summed E-state index contributed by atoms with van der Waals surface area (Å²) in [6, 6.07) is 7.69. The van der Waals surface area contributed by atoms with E-state index in [-0.39, 0.29) is 6.10 Å². The number of hydrogen-bond acceptors (Lipinski definition) is 3. The van der Waals surface area contributed by atoms with E-state index in [1.165, 1.54) is 0 Å². The lowest BCUT2D eigenvalue weighted by molar-refractivity contribution is 0.0641. The van der Waals surface area contributed by atoms with E-state index >= 15 is 0 Å². The highest BCUT2D eigenvalue weighted by Crippen LogP contribution is 2.27. The molecule has 0 saturated carbocycles. The van der Waals surface area contributed by atoms with Gasteiger partial charge in [-0.05, 0) is 23.8 Å². The quantitative estimate of drug-likeness (QED) is 0.804. The van der Waals surface area contributed by atoms with Crippen LogP contribution in [0, 0.1) is 0 Å². The minimum atomic E-state index is -0.411. The van der Waals surface area contributed by atoms with Gasteiger partial charge < -0.3 is 14.6 Å². The molecule has 1 aliphatic rings. The van der Waals surface area contributed by atoms with Crippen LogP contribution in [-0.4, -0.2) is 18.3 Å². The molecule has 1 N–H and O–H groups in total. The SMILES string of the molecule is COc1ccc([C@H]2C[C@H](O)C=CO2)cc1. The van der Waals surface area contributed by atoms with Crippen molar-refractivity contribution in [3.8, 4) is 5.75 Å². The number of benzene rings is 1. The molecule has 2 atom stereocenters. The Labute approximate surface area is 88.9 Å². The molecule has 1 aromatic carbocycles. The number of hydrogen-bond donors (Lipinski definition) is 1. The second kappa shape index (κ2) is 4.36. The smallest absolute Gasteiger partial charge is 0.126 e. The molecule has 3 heteroatoms. The Morgan fingerprint density at radius 3 is 2.67 bits per heavy atom. The molecule has 2 rings (SSSR count). The molecule has 0 saturated heterocycles. The van der Waals surface area contributed by atoms with E-state index in [0.717, 1.165) is 11.3 Å². The fourth-order valence-electron chi connectivity index (χ4n) is 1.62. The predicted molar refractivity (Wildman–Crippen MR) is 56.6 cm³/mol.